The number of thiophene rings is 1. The van der Waals surface area contributed by atoms with Crippen molar-refractivity contribution in [3.8, 4) is 6.07 Å². The number of carbonyl (C=O) groups excluding carboxylic acids is 1. The van der Waals surface area contributed by atoms with E-state index in [0.29, 0.717) is 11.4 Å². The third-order valence-corrected chi connectivity index (χ3v) is 3.08. The Morgan fingerprint density at radius 3 is 2.80 bits per heavy atom. The van der Waals surface area contributed by atoms with Crippen LogP contribution in [0.2, 0.25) is 0 Å². The Balaban J connectivity index is 2.58. The molecule has 15 heavy (non-hydrogen) atoms. The molecule has 0 bridgehead atoms. The second-order valence-electron chi connectivity index (χ2n) is 3.72. The molecule has 0 unspecified atom stereocenters. The van der Waals surface area contributed by atoms with Crippen LogP contribution in [-0.2, 0) is 11.3 Å². The Kier molecular flexibility index (Phi) is 3.45. The number of nitriles is 1. The van der Waals surface area contributed by atoms with Crippen LogP contribution in [0.15, 0.2) is 12.1 Å². The lowest BCUT2D eigenvalue weighted by Gasteiger charge is -2.21. The van der Waals surface area contributed by atoms with Crippen LogP contribution in [0.1, 0.15) is 23.6 Å². The van der Waals surface area contributed by atoms with E-state index in [-0.39, 0.29) is 5.91 Å². The van der Waals surface area contributed by atoms with E-state index in [0.717, 1.165) is 4.88 Å². The van der Waals surface area contributed by atoms with Gasteiger partial charge in [-0.2, -0.15) is 5.26 Å². The third kappa shape index (κ3) is 3.05. The number of nitrogens with zero attached hydrogens (tertiary/aromatic N) is 1. The van der Waals surface area contributed by atoms with Gasteiger partial charge in [-0.15, -0.1) is 11.3 Å². The topological polar surface area (TPSA) is 78.9 Å². The highest BCUT2D eigenvalue weighted by Gasteiger charge is 2.23. The summed E-state index contributed by atoms with van der Waals surface area (Å²) in [5.41, 5.74) is 4.49. The molecule has 0 atom stereocenters. The van der Waals surface area contributed by atoms with Gasteiger partial charge < -0.3 is 5.73 Å². The first-order chi connectivity index (χ1) is 6.95. The van der Waals surface area contributed by atoms with Crippen molar-refractivity contribution < 1.29 is 4.79 Å². The fourth-order valence-corrected chi connectivity index (χ4v) is 1.67. The van der Waals surface area contributed by atoms with Gasteiger partial charge in [0, 0.05) is 11.4 Å². The van der Waals surface area contributed by atoms with Crippen molar-refractivity contribution in [3.63, 3.8) is 0 Å². The first-order valence-electron chi connectivity index (χ1n) is 4.49. The predicted molar refractivity (Wildman–Crippen MR) is 59.1 cm³/mol. The molecule has 0 aromatic carbocycles. The number of primary amides is 1. The summed E-state index contributed by atoms with van der Waals surface area (Å²) >= 11 is 1.41. The number of carbonyl (C=O) groups is 1. The van der Waals surface area contributed by atoms with E-state index in [4.69, 9.17) is 11.0 Å². The van der Waals surface area contributed by atoms with E-state index in [9.17, 15) is 4.79 Å². The van der Waals surface area contributed by atoms with Gasteiger partial charge in [-0.3, -0.25) is 10.1 Å². The third-order valence-electron chi connectivity index (χ3n) is 2.09. The summed E-state index contributed by atoms with van der Waals surface area (Å²) in [6.45, 7) is 4.00. The molecule has 1 aromatic heterocycles. The van der Waals surface area contributed by atoms with Gasteiger partial charge in [0.25, 0.3) is 0 Å². The Morgan fingerprint density at radius 2 is 2.33 bits per heavy atom. The van der Waals surface area contributed by atoms with Crippen LogP contribution >= 0.6 is 11.3 Å². The van der Waals surface area contributed by atoms with Crippen molar-refractivity contribution in [2.24, 2.45) is 5.73 Å². The van der Waals surface area contributed by atoms with Gasteiger partial charge in [-0.25, -0.2) is 0 Å². The van der Waals surface area contributed by atoms with Crippen LogP contribution in [0.3, 0.4) is 0 Å². The molecule has 0 fully saturated rings. The first-order valence-corrected chi connectivity index (χ1v) is 5.31. The summed E-state index contributed by atoms with van der Waals surface area (Å²) in [5.74, 6) is -0.389. The Labute approximate surface area is 92.7 Å². The van der Waals surface area contributed by atoms with Crippen LogP contribution in [0.5, 0.6) is 0 Å². The van der Waals surface area contributed by atoms with Crippen LogP contribution in [-0.4, -0.2) is 11.4 Å². The molecule has 1 aromatic rings. The molecule has 0 aliphatic carbocycles. The molecule has 80 valence electrons. The fraction of sp³-hybridized carbons (Fsp3) is 0.400. The molecule has 5 heteroatoms. The zero-order valence-corrected chi connectivity index (χ0v) is 9.52. The molecule has 0 saturated carbocycles. The zero-order chi connectivity index (χ0) is 11.5. The highest BCUT2D eigenvalue weighted by atomic mass is 32.1. The van der Waals surface area contributed by atoms with E-state index in [1.54, 1.807) is 19.9 Å². The smallest absolute Gasteiger partial charge is 0.237 e. The largest absolute Gasteiger partial charge is 0.368 e. The summed E-state index contributed by atoms with van der Waals surface area (Å²) in [4.78, 5) is 12.7. The van der Waals surface area contributed by atoms with Crippen molar-refractivity contribution in [1.29, 1.82) is 5.26 Å². The second kappa shape index (κ2) is 4.43. The Bertz CT molecular complexity index is 403. The zero-order valence-electron chi connectivity index (χ0n) is 8.70. The fourth-order valence-electron chi connectivity index (χ4n) is 0.928. The summed E-state index contributed by atoms with van der Waals surface area (Å²) < 4.78 is 0. The number of nitrogens with one attached hydrogen (secondary N) is 1. The van der Waals surface area contributed by atoms with Gasteiger partial charge in [0.05, 0.1) is 5.54 Å². The van der Waals surface area contributed by atoms with Gasteiger partial charge in [0.2, 0.25) is 5.91 Å². The maximum atomic E-state index is 11.0. The first kappa shape index (κ1) is 11.7. The normalized spacial score (nSPS) is 11.0. The lowest BCUT2D eigenvalue weighted by Crippen LogP contribution is -2.50. The van der Waals surface area contributed by atoms with E-state index in [2.05, 4.69) is 11.4 Å². The lowest BCUT2D eigenvalue weighted by atomic mass is 10.1. The van der Waals surface area contributed by atoms with E-state index in [1.165, 1.54) is 11.3 Å². The summed E-state index contributed by atoms with van der Waals surface area (Å²) in [6.07, 6.45) is 0. The molecule has 0 aliphatic heterocycles. The van der Waals surface area contributed by atoms with E-state index in [1.807, 2.05) is 6.07 Å². The van der Waals surface area contributed by atoms with Gasteiger partial charge in [-0.05, 0) is 26.0 Å². The van der Waals surface area contributed by atoms with Crippen molar-refractivity contribution >= 4 is 17.2 Å². The number of amides is 1. The minimum atomic E-state index is -0.725. The molecule has 1 amide bonds. The molecule has 1 heterocycles. The number of rotatable bonds is 4. The molecular weight excluding hydrogens is 210 g/mol. The minimum Gasteiger partial charge on any atom is -0.368 e. The molecule has 4 nitrogen and oxygen atoms in total. The van der Waals surface area contributed by atoms with Crippen LogP contribution < -0.4 is 11.1 Å². The van der Waals surface area contributed by atoms with Crippen molar-refractivity contribution in [3.05, 3.63) is 21.9 Å². The second-order valence-corrected chi connectivity index (χ2v) is 4.89. The number of hydrogen-bond donors (Lipinski definition) is 2. The monoisotopic (exact) mass is 223 g/mol. The highest BCUT2D eigenvalue weighted by molar-refractivity contribution is 7.12. The molecule has 3 N–H and O–H groups in total. The maximum absolute atomic E-state index is 11.0. The molecule has 0 aliphatic rings. The minimum absolute atomic E-state index is 0.389. The van der Waals surface area contributed by atoms with Crippen molar-refractivity contribution in [2.45, 2.75) is 25.9 Å². The predicted octanol–water partition coefficient (Wildman–Crippen LogP) is 0.973. The lowest BCUT2D eigenvalue weighted by molar-refractivity contribution is -0.123. The standard InChI is InChI=1S/C10H13N3OS/c1-10(2,9(12)14)13-6-8-4-3-7(5-11)15-8/h3-4,13H,6H2,1-2H3,(H2,12,14). The van der Waals surface area contributed by atoms with E-state index < -0.39 is 5.54 Å². The number of nitrogens with two attached hydrogens (primary N) is 1. The summed E-state index contributed by atoms with van der Waals surface area (Å²) in [5, 5.41) is 11.7. The molecule has 0 spiro atoms. The van der Waals surface area contributed by atoms with Crippen molar-refractivity contribution in [2.75, 3.05) is 0 Å². The number of hydrogen-bond acceptors (Lipinski definition) is 4. The molecular formula is C10H13N3OS. The molecule has 0 saturated heterocycles. The Hall–Kier alpha value is -1.38. The SMILES string of the molecule is CC(C)(NCc1ccc(C#N)s1)C(N)=O. The maximum Gasteiger partial charge on any atom is 0.237 e. The average molecular weight is 223 g/mol. The Morgan fingerprint density at radius 1 is 1.67 bits per heavy atom. The summed E-state index contributed by atoms with van der Waals surface area (Å²) in [7, 11) is 0. The van der Waals surface area contributed by atoms with Gasteiger partial charge >= 0.3 is 0 Å². The quantitative estimate of drug-likeness (QED) is 0.798. The molecule has 1 rings (SSSR count). The van der Waals surface area contributed by atoms with Crippen LogP contribution in [0, 0.1) is 11.3 Å². The van der Waals surface area contributed by atoms with Crippen molar-refractivity contribution in [1.82, 2.24) is 5.32 Å². The van der Waals surface area contributed by atoms with Gasteiger partial charge in [0.1, 0.15) is 10.9 Å². The van der Waals surface area contributed by atoms with Crippen LogP contribution in [0.4, 0.5) is 0 Å². The average Bonchev–Trinajstić information content (AvgIpc) is 2.62. The van der Waals surface area contributed by atoms with Gasteiger partial charge in [0.15, 0.2) is 0 Å². The highest BCUT2D eigenvalue weighted by Crippen LogP contribution is 2.16. The van der Waals surface area contributed by atoms with Crippen LogP contribution in [0.25, 0.3) is 0 Å². The molecule has 0 radical (unpaired) electrons. The summed E-state index contributed by atoms with van der Waals surface area (Å²) in [6, 6.07) is 5.70. The van der Waals surface area contributed by atoms with E-state index >= 15 is 0 Å². The van der Waals surface area contributed by atoms with Gasteiger partial charge in [-0.1, -0.05) is 0 Å².